The van der Waals surface area contributed by atoms with Crippen LogP contribution in [0.15, 0.2) is 18.2 Å². The van der Waals surface area contributed by atoms with Gasteiger partial charge in [0.15, 0.2) is 0 Å². The number of anilines is 1. The smallest absolute Gasteiger partial charge is 0.101 e. The van der Waals surface area contributed by atoms with Crippen LogP contribution in [0.5, 0.6) is 0 Å². The van der Waals surface area contributed by atoms with Crippen LogP contribution >= 0.6 is 11.6 Å². The van der Waals surface area contributed by atoms with Gasteiger partial charge in [0.1, 0.15) is 6.07 Å². The predicted molar refractivity (Wildman–Crippen MR) is 66.6 cm³/mol. The minimum atomic E-state index is 0.665. The Morgan fingerprint density at radius 2 is 2.25 bits per heavy atom. The molecule has 1 aliphatic rings. The summed E-state index contributed by atoms with van der Waals surface area (Å²) in [5.74, 6) is 0.886. The van der Waals surface area contributed by atoms with Gasteiger partial charge in [-0.1, -0.05) is 30.9 Å². The standard InChI is InChI=1S/C13H15ClN2/c14-12-5-4-11(9-15)13(8-12)16-7-6-10-2-1-3-10/h4-5,8,10,16H,1-3,6-7H2. The van der Waals surface area contributed by atoms with Gasteiger partial charge >= 0.3 is 0 Å². The van der Waals surface area contributed by atoms with Crippen LogP contribution in [-0.4, -0.2) is 6.54 Å². The van der Waals surface area contributed by atoms with E-state index < -0.39 is 0 Å². The molecule has 1 aliphatic carbocycles. The highest BCUT2D eigenvalue weighted by Crippen LogP contribution is 2.29. The zero-order valence-corrected chi connectivity index (χ0v) is 9.93. The molecule has 0 aromatic heterocycles. The summed E-state index contributed by atoms with van der Waals surface area (Å²) in [5.41, 5.74) is 1.52. The molecule has 3 heteroatoms. The third kappa shape index (κ3) is 2.68. The van der Waals surface area contributed by atoms with Crippen LogP contribution in [0.25, 0.3) is 0 Å². The van der Waals surface area contributed by atoms with Crippen molar-refractivity contribution in [2.24, 2.45) is 5.92 Å². The molecule has 0 atom stereocenters. The van der Waals surface area contributed by atoms with Crippen LogP contribution in [0, 0.1) is 17.2 Å². The normalized spacial score (nSPS) is 15.2. The Hall–Kier alpha value is -1.20. The number of rotatable bonds is 4. The lowest BCUT2D eigenvalue weighted by Gasteiger charge is -2.25. The van der Waals surface area contributed by atoms with Crippen molar-refractivity contribution in [3.63, 3.8) is 0 Å². The van der Waals surface area contributed by atoms with Crippen molar-refractivity contribution >= 4 is 17.3 Å². The minimum absolute atomic E-state index is 0.665. The van der Waals surface area contributed by atoms with E-state index in [9.17, 15) is 0 Å². The predicted octanol–water partition coefficient (Wildman–Crippen LogP) is 3.81. The Morgan fingerprint density at radius 1 is 1.44 bits per heavy atom. The molecule has 16 heavy (non-hydrogen) atoms. The van der Waals surface area contributed by atoms with Crippen LogP contribution < -0.4 is 5.32 Å². The molecule has 0 aliphatic heterocycles. The van der Waals surface area contributed by atoms with Crippen molar-refractivity contribution in [1.29, 1.82) is 5.26 Å². The number of nitriles is 1. The Bertz CT molecular complexity index is 405. The molecule has 1 N–H and O–H groups in total. The van der Waals surface area contributed by atoms with E-state index in [0.29, 0.717) is 10.6 Å². The molecule has 2 nitrogen and oxygen atoms in total. The second-order valence-corrected chi connectivity index (χ2v) is 4.75. The number of nitrogens with one attached hydrogen (secondary N) is 1. The highest BCUT2D eigenvalue weighted by molar-refractivity contribution is 6.30. The third-order valence-electron chi connectivity index (χ3n) is 3.19. The molecule has 1 aromatic rings. The van der Waals surface area contributed by atoms with Gasteiger partial charge in [-0.2, -0.15) is 5.26 Å². The monoisotopic (exact) mass is 234 g/mol. The summed E-state index contributed by atoms with van der Waals surface area (Å²) in [6, 6.07) is 7.49. The Balaban J connectivity index is 1.91. The second kappa shape index (κ2) is 5.23. The highest BCUT2D eigenvalue weighted by atomic mass is 35.5. The zero-order chi connectivity index (χ0) is 11.4. The average molecular weight is 235 g/mol. The van der Waals surface area contributed by atoms with E-state index >= 15 is 0 Å². The number of hydrogen-bond donors (Lipinski definition) is 1. The van der Waals surface area contributed by atoms with Crippen LogP contribution in [-0.2, 0) is 0 Å². The fraction of sp³-hybridized carbons (Fsp3) is 0.462. The van der Waals surface area contributed by atoms with Gasteiger partial charge in [-0.05, 0) is 30.5 Å². The van der Waals surface area contributed by atoms with Crippen molar-refractivity contribution in [3.05, 3.63) is 28.8 Å². The molecule has 0 bridgehead atoms. The first-order valence-electron chi connectivity index (χ1n) is 5.73. The van der Waals surface area contributed by atoms with Gasteiger partial charge in [0.2, 0.25) is 0 Å². The van der Waals surface area contributed by atoms with Gasteiger partial charge in [0, 0.05) is 11.6 Å². The maximum Gasteiger partial charge on any atom is 0.101 e. The van der Waals surface area contributed by atoms with Crippen molar-refractivity contribution in [1.82, 2.24) is 0 Å². The second-order valence-electron chi connectivity index (χ2n) is 4.31. The number of halogens is 1. The Labute approximate surface area is 101 Å². The summed E-state index contributed by atoms with van der Waals surface area (Å²) in [6.07, 6.45) is 5.30. The van der Waals surface area contributed by atoms with Crippen LogP contribution in [0.3, 0.4) is 0 Å². The number of nitrogens with zero attached hydrogens (tertiary/aromatic N) is 1. The quantitative estimate of drug-likeness (QED) is 0.860. The van der Waals surface area contributed by atoms with Crippen molar-refractivity contribution in [2.75, 3.05) is 11.9 Å². The SMILES string of the molecule is N#Cc1ccc(Cl)cc1NCCC1CCC1. The van der Waals surface area contributed by atoms with Gasteiger partial charge in [0.05, 0.1) is 11.3 Å². The molecule has 84 valence electrons. The first kappa shape index (κ1) is 11.3. The molecule has 0 heterocycles. The molecule has 1 aromatic carbocycles. The molecule has 1 fully saturated rings. The summed E-state index contributed by atoms with van der Waals surface area (Å²) in [6.45, 7) is 0.930. The molecule has 0 saturated heterocycles. The average Bonchev–Trinajstić information content (AvgIpc) is 2.22. The Morgan fingerprint density at radius 3 is 2.88 bits per heavy atom. The van der Waals surface area contributed by atoms with Gasteiger partial charge < -0.3 is 5.32 Å². The lowest BCUT2D eigenvalue weighted by atomic mass is 9.83. The summed E-state index contributed by atoms with van der Waals surface area (Å²) < 4.78 is 0. The summed E-state index contributed by atoms with van der Waals surface area (Å²) in [5, 5.41) is 12.9. The Kier molecular flexibility index (Phi) is 3.69. The fourth-order valence-corrected chi connectivity index (χ4v) is 2.12. The zero-order valence-electron chi connectivity index (χ0n) is 9.17. The minimum Gasteiger partial charge on any atom is -0.384 e. The van der Waals surface area contributed by atoms with E-state index in [4.69, 9.17) is 16.9 Å². The highest BCUT2D eigenvalue weighted by Gasteiger charge is 2.16. The van der Waals surface area contributed by atoms with E-state index in [1.165, 1.54) is 25.7 Å². The molecule has 0 unspecified atom stereocenters. The van der Waals surface area contributed by atoms with Gasteiger partial charge in [0.25, 0.3) is 0 Å². The van der Waals surface area contributed by atoms with Crippen LogP contribution in [0.1, 0.15) is 31.2 Å². The van der Waals surface area contributed by atoms with Crippen molar-refractivity contribution in [2.45, 2.75) is 25.7 Å². The molecular weight excluding hydrogens is 220 g/mol. The van der Waals surface area contributed by atoms with Gasteiger partial charge in [-0.15, -0.1) is 0 Å². The van der Waals surface area contributed by atoms with Crippen LogP contribution in [0.4, 0.5) is 5.69 Å². The fourth-order valence-electron chi connectivity index (χ4n) is 1.95. The van der Waals surface area contributed by atoms with Crippen molar-refractivity contribution < 1.29 is 0 Å². The lowest BCUT2D eigenvalue weighted by molar-refractivity contribution is 0.303. The third-order valence-corrected chi connectivity index (χ3v) is 3.43. The molecule has 2 rings (SSSR count). The van der Waals surface area contributed by atoms with Crippen molar-refractivity contribution in [3.8, 4) is 6.07 Å². The molecule has 0 radical (unpaired) electrons. The number of benzene rings is 1. The summed E-state index contributed by atoms with van der Waals surface area (Å²) in [4.78, 5) is 0. The maximum absolute atomic E-state index is 8.94. The molecule has 0 amide bonds. The van der Waals surface area contributed by atoms with Gasteiger partial charge in [-0.3, -0.25) is 0 Å². The number of hydrogen-bond acceptors (Lipinski definition) is 2. The molecular formula is C13H15ClN2. The van der Waals surface area contributed by atoms with Crippen LogP contribution in [0.2, 0.25) is 5.02 Å². The molecule has 1 saturated carbocycles. The van der Waals surface area contributed by atoms with Gasteiger partial charge in [-0.25, -0.2) is 0 Å². The van der Waals surface area contributed by atoms with E-state index in [2.05, 4.69) is 11.4 Å². The first-order valence-corrected chi connectivity index (χ1v) is 6.11. The summed E-state index contributed by atoms with van der Waals surface area (Å²) >= 11 is 5.90. The van der Waals surface area contributed by atoms with E-state index in [1.54, 1.807) is 12.1 Å². The first-order chi connectivity index (χ1) is 7.79. The topological polar surface area (TPSA) is 35.8 Å². The largest absolute Gasteiger partial charge is 0.384 e. The maximum atomic E-state index is 8.94. The lowest BCUT2D eigenvalue weighted by Crippen LogP contribution is -2.15. The molecule has 0 spiro atoms. The van der Waals surface area contributed by atoms with E-state index in [-0.39, 0.29) is 0 Å². The van der Waals surface area contributed by atoms with E-state index in [0.717, 1.165) is 18.2 Å². The van der Waals surface area contributed by atoms with E-state index in [1.807, 2.05) is 6.07 Å². The summed E-state index contributed by atoms with van der Waals surface area (Å²) in [7, 11) is 0.